The van der Waals surface area contributed by atoms with Crippen molar-refractivity contribution in [2.45, 2.75) is 68.4 Å². The van der Waals surface area contributed by atoms with Crippen molar-refractivity contribution >= 4 is 50.6 Å². The molecule has 2 unspecified atom stereocenters. The van der Waals surface area contributed by atoms with Crippen LogP contribution in [0.4, 0.5) is 18.0 Å². The Labute approximate surface area is 276 Å². The van der Waals surface area contributed by atoms with Crippen molar-refractivity contribution in [2.24, 2.45) is 4.99 Å². The number of benzene rings is 1. The lowest BCUT2D eigenvalue weighted by molar-refractivity contribution is -0.00645. The van der Waals surface area contributed by atoms with E-state index < -0.39 is 46.4 Å². The van der Waals surface area contributed by atoms with Crippen LogP contribution in [0.1, 0.15) is 61.0 Å². The van der Waals surface area contributed by atoms with Crippen molar-refractivity contribution in [3.8, 4) is 0 Å². The summed E-state index contributed by atoms with van der Waals surface area (Å²) in [5.41, 5.74) is 1.00. The Balaban J connectivity index is 1.17. The molecule has 2 bridgehead atoms. The predicted molar refractivity (Wildman–Crippen MR) is 165 cm³/mol. The van der Waals surface area contributed by atoms with Crippen molar-refractivity contribution in [2.75, 3.05) is 13.1 Å². The van der Waals surface area contributed by atoms with E-state index in [9.17, 15) is 26.4 Å². The average Bonchev–Trinajstić information content (AvgIpc) is 3.84. The van der Waals surface area contributed by atoms with Gasteiger partial charge in [0, 0.05) is 83.6 Å². The van der Waals surface area contributed by atoms with E-state index in [1.165, 1.54) is 33.8 Å². The quantitative estimate of drug-likeness (QED) is 0.371. The van der Waals surface area contributed by atoms with Gasteiger partial charge in [-0.25, -0.2) is 18.9 Å². The number of amidine groups is 1. The Morgan fingerprint density at radius 1 is 1.19 bits per heavy atom. The SMILES string of the molecule is O=C1NCC2(CC3CCC(C2)N3S(=O)(=O)N[C@H]2CC3=C(c4ccn(C(F)F)n4)[C@H](c4ccc(F)cc4Cl)N=C(c4nccs4)N3C2)O1. The molecule has 4 atom stereocenters. The van der Waals surface area contributed by atoms with Gasteiger partial charge in [0.15, 0.2) is 10.8 Å². The van der Waals surface area contributed by atoms with Crippen LogP contribution in [-0.4, -0.2) is 81.1 Å². The monoisotopic (exact) mass is 708 g/mol. The molecule has 7 heterocycles. The van der Waals surface area contributed by atoms with Gasteiger partial charge in [0.2, 0.25) is 0 Å². The molecule has 0 aliphatic carbocycles. The maximum absolute atomic E-state index is 14.1. The smallest absolute Gasteiger partial charge is 0.407 e. The molecule has 12 nitrogen and oxygen atoms in total. The van der Waals surface area contributed by atoms with Crippen LogP contribution in [-0.2, 0) is 14.9 Å². The van der Waals surface area contributed by atoms with Crippen molar-refractivity contribution < 1.29 is 31.1 Å². The van der Waals surface area contributed by atoms with Gasteiger partial charge < -0.3 is 15.0 Å². The maximum atomic E-state index is 14.1. The number of rotatable bonds is 7. The standard InChI is InChI=1S/C29H28ClF3N8O4S2/c30-20-9-15(31)1-4-19(20)24-23(21-5-7-40(37-21)27(32)33)22-10-16(13-39(22)25(36-24)26-34-6-8-46-26)38-47(43,44)41-17-2-3-18(41)12-29(11-17)14-35-28(42)45-29/h1,4-9,16-18,24,27,38H,2-3,10-14H2,(H,35,42)/t16-,17?,18?,24-,29?/m0/s1. The predicted octanol–water partition coefficient (Wildman–Crippen LogP) is 4.45. The highest BCUT2D eigenvalue weighted by Crippen LogP contribution is 2.48. The topological polar surface area (TPSA) is 134 Å². The Hall–Kier alpha value is -3.51. The van der Waals surface area contributed by atoms with E-state index in [2.05, 4.69) is 20.1 Å². The Kier molecular flexibility index (Phi) is 7.40. The molecule has 0 saturated carbocycles. The fraction of sp³-hybridized carbons (Fsp3) is 0.448. The summed E-state index contributed by atoms with van der Waals surface area (Å²) in [7, 11) is -4.00. The fourth-order valence-corrected chi connectivity index (χ4v) is 10.4. The number of thiazole rings is 1. The Bertz CT molecular complexity index is 1910. The van der Waals surface area contributed by atoms with Crippen molar-refractivity contribution in [3.63, 3.8) is 0 Å². The van der Waals surface area contributed by atoms with Crippen molar-refractivity contribution in [1.82, 2.24) is 34.0 Å². The number of alkyl carbamates (subject to hydrolysis) is 1. The lowest BCUT2D eigenvalue weighted by Gasteiger charge is -2.42. The van der Waals surface area contributed by atoms with Gasteiger partial charge in [-0.1, -0.05) is 17.7 Å². The van der Waals surface area contributed by atoms with Crippen molar-refractivity contribution in [3.05, 3.63) is 74.8 Å². The third kappa shape index (κ3) is 5.31. The van der Waals surface area contributed by atoms with Gasteiger partial charge in [0.1, 0.15) is 17.5 Å². The van der Waals surface area contributed by atoms with E-state index in [-0.39, 0.29) is 35.8 Å². The molecule has 0 radical (unpaired) electrons. The molecule has 18 heteroatoms. The molecule has 3 aromatic rings. The summed E-state index contributed by atoms with van der Waals surface area (Å²) < 4.78 is 80.1. The van der Waals surface area contributed by atoms with E-state index in [0.29, 0.717) is 64.6 Å². The third-order valence-corrected chi connectivity index (χ3v) is 12.3. The molecule has 2 aromatic heterocycles. The van der Waals surface area contributed by atoms with E-state index in [0.717, 1.165) is 12.3 Å². The number of amides is 1. The fourth-order valence-electron chi connectivity index (χ4n) is 7.69. The summed E-state index contributed by atoms with van der Waals surface area (Å²) >= 11 is 7.88. The zero-order valence-corrected chi connectivity index (χ0v) is 26.9. The average molecular weight is 709 g/mol. The number of ether oxygens (including phenoxy) is 1. The molecule has 5 aliphatic rings. The van der Waals surface area contributed by atoms with Crippen LogP contribution in [0.25, 0.3) is 5.57 Å². The van der Waals surface area contributed by atoms with E-state index >= 15 is 0 Å². The van der Waals surface area contributed by atoms with Gasteiger partial charge in [0.25, 0.3) is 10.2 Å². The lowest BCUT2D eigenvalue weighted by Crippen LogP contribution is -2.58. The number of halogens is 4. The summed E-state index contributed by atoms with van der Waals surface area (Å²) in [5.74, 6) is -0.0959. The number of aliphatic imine (C=N–C) groups is 1. The van der Waals surface area contributed by atoms with Gasteiger partial charge in [-0.3, -0.25) is 4.99 Å². The van der Waals surface area contributed by atoms with Gasteiger partial charge in [0.05, 0.1) is 12.2 Å². The minimum absolute atomic E-state index is 0.0915. The number of nitrogens with zero attached hydrogens (tertiary/aromatic N) is 6. The highest BCUT2D eigenvalue weighted by Gasteiger charge is 2.56. The molecule has 8 rings (SSSR count). The lowest BCUT2D eigenvalue weighted by atomic mass is 9.88. The summed E-state index contributed by atoms with van der Waals surface area (Å²) in [6, 6.07) is 3.20. The number of carbonyl (C=O) groups is 1. The normalized spacial score (nSPS) is 29.1. The van der Waals surface area contributed by atoms with Gasteiger partial charge in [-0.2, -0.15) is 31.3 Å². The summed E-state index contributed by atoms with van der Waals surface area (Å²) in [6.45, 7) is -2.35. The van der Waals surface area contributed by atoms with E-state index in [4.69, 9.17) is 21.3 Å². The van der Waals surface area contributed by atoms with Gasteiger partial charge in [-0.05, 0) is 31.0 Å². The molecule has 5 aliphatic heterocycles. The number of hydrogen-bond acceptors (Lipinski definition) is 9. The zero-order valence-electron chi connectivity index (χ0n) is 24.5. The van der Waals surface area contributed by atoms with Crippen LogP contribution in [0.3, 0.4) is 0 Å². The molecular formula is C29H28ClF3N8O4S2. The van der Waals surface area contributed by atoms with Crippen LogP contribution >= 0.6 is 22.9 Å². The molecule has 4 fully saturated rings. The molecule has 248 valence electrons. The minimum Gasteiger partial charge on any atom is -0.441 e. The van der Waals surface area contributed by atoms with Crippen LogP contribution in [0, 0.1) is 5.82 Å². The highest BCUT2D eigenvalue weighted by molar-refractivity contribution is 7.87. The first-order chi connectivity index (χ1) is 22.5. The number of fused-ring (bicyclic) bond motifs is 3. The van der Waals surface area contributed by atoms with Crippen LogP contribution < -0.4 is 10.0 Å². The second kappa shape index (κ2) is 11.3. The van der Waals surface area contributed by atoms with Crippen LogP contribution in [0.2, 0.25) is 5.02 Å². The molecule has 1 aromatic carbocycles. The van der Waals surface area contributed by atoms with Crippen molar-refractivity contribution in [1.29, 1.82) is 0 Å². The molecule has 1 amide bonds. The largest absolute Gasteiger partial charge is 0.441 e. The zero-order chi connectivity index (χ0) is 32.7. The van der Waals surface area contributed by atoms with Crippen LogP contribution in [0.5, 0.6) is 0 Å². The number of carbonyl (C=O) groups excluding carboxylic acids is 1. The first kappa shape index (κ1) is 30.8. The summed E-state index contributed by atoms with van der Waals surface area (Å²) in [4.78, 5) is 23.1. The van der Waals surface area contributed by atoms with E-state index in [1.807, 2.05) is 4.90 Å². The highest BCUT2D eigenvalue weighted by atomic mass is 35.5. The number of hydrogen-bond donors (Lipinski definition) is 2. The second-order valence-corrected chi connectivity index (χ2v) is 15.3. The first-order valence-electron chi connectivity index (χ1n) is 15.0. The second-order valence-electron chi connectivity index (χ2n) is 12.4. The van der Waals surface area contributed by atoms with Gasteiger partial charge >= 0.3 is 12.6 Å². The Morgan fingerprint density at radius 3 is 2.62 bits per heavy atom. The number of aromatic nitrogens is 3. The molecule has 4 saturated heterocycles. The Morgan fingerprint density at radius 2 is 1.98 bits per heavy atom. The van der Waals surface area contributed by atoms with Gasteiger partial charge in [-0.15, -0.1) is 11.3 Å². The molecule has 1 spiro atoms. The maximum Gasteiger partial charge on any atom is 0.407 e. The summed E-state index contributed by atoms with van der Waals surface area (Å²) in [6.07, 6.45) is 4.61. The number of nitrogens with one attached hydrogen (secondary N) is 2. The summed E-state index contributed by atoms with van der Waals surface area (Å²) in [5, 5.41) is 9.28. The third-order valence-electron chi connectivity index (χ3n) is 9.45. The minimum atomic E-state index is -4.00. The van der Waals surface area contributed by atoms with Crippen LogP contribution in [0.15, 0.2) is 52.7 Å². The molecular weight excluding hydrogens is 681 g/mol. The number of alkyl halides is 2. The first-order valence-corrected chi connectivity index (χ1v) is 17.7. The van der Waals surface area contributed by atoms with E-state index in [1.54, 1.807) is 11.6 Å². The molecule has 47 heavy (non-hydrogen) atoms. The number of piperidine rings is 1. The molecule has 2 N–H and O–H groups in total.